The van der Waals surface area contributed by atoms with Gasteiger partial charge in [-0.3, -0.25) is 4.79 Å². The Morgan fingerprint density at radius 1 is 1.23 bits per heavy atom. The van der Waals surface area contributed by atoms with Gasteiger partial charge in [0, 0.05) is 25.0 Å². The number of allylic oxidation sites excluding steroid dienone is 3. The molecule has 3 aliphatic rings. The van der Waals surface area contributed by atoms with Gasteiger partial charge in [-0.15, -0.1) is 0 Å². The molecule has 0 radical (unpaired) electrons. The number of nitrogens with zero attached hydrogens (tertiary/aromatic N) is 2. The van der Waals surface area contributed by atoms with Gasteiger partial charge in [-0.05, 0) is 68.3 Å². The largest absolute Gasteiger partial charge is 0.378 e. The fourth-order valence-electron chi connectivity index (χ4n) is 3.63. The van der Waals surface area contributed by atoms with Crippen LogP contribution in [0.2, 0.25) is 0 Å². The van der Waals surface area contributed by atoms with Gasteiger partial charge in [0.1, 0.15) is 5.82 Å². The first-order valence-corrected chi connectivity index (χ1v) is 9.22. The molecular formula is C21H24N4O. The molecular weight excluding hydrogens is 324 g/mol. The molecule has 5 heteroatoms. The first-order valence-electron chi connectivity index (χ1n) is 9.22. The van der Waals surface area contributed by atoms with E-state index in [0.29, 0.717) is 5.56 Å². The Labute approximate surface area is 154 Å². The van der Waals surface area contributed by atoms with Crippen LogP contribution in [0, 0.1) is 0 Å². The Bertz CT molecular complexity index is 813. The Morgan fingerprint density at radius 2 is 2.08 bits per heavy atom. The number of piperidine rings is 1. The molecule has 0 saturated carbocycles. The Hall–Kier alpha value is -2.82. The summed E-state index contributed by atoms with van der Waals surface area (Å²) >= 11 is 0. The second kappa shape index (κ2) is 6.83. The average molecular weight is 348 g/mol. The lowest BCUT2D eigenvalue weighted by atomic mass is 9.85. The third-order valence-corrected chi connectivity index (χ3v) is 5.19. The molecule has 0 bridgehead atoms. The number of amides is 1. The minimum absolute atomic E-state index is 0.138. The minimum atomic E-state index is -0.289. The molecule has 0 aromatic carbocycles. The smallest absolute Gasteiger partial charge is 0.257 e. The Kier molecular flexibility index (Phi) is 4.37. The normalized spacial score (nSPS) is 24.3. The van der Waals surface area contributed by atoms with Crippen LogP contribution >= 0.6 is 0 Å². The molecule has 1 saturated heterocycles. The number of rotatable bonds is 3. The van der Waals surface area contributed by atoms with E-state index in [9.17, 15) is 4.79 Å². The maximum Gasteiger partial charge on any atom is 0.257 e. The van der Waals surface area contributed by atoms with Crippen molar-refractivity contribution >= 4 is 11.7 Å². The summed E-state index contributed by atoms with van der Waals surface area (Å²) in [6.45, 7) is 4.19. The fraction of sp³-hybridized carbons (Fsp3) is 0.333. The quantitative estimate of drug-likeness (QED) is 0.881. The second-order valence-electron chi connectivity index (χ2n) is 7.17. The molecule has 1 aromatic rings. The Balaban J connectivity index is 1.44. The monoisotopic (exact) mass is 348 g/mol. The minimum Gasteiger partial charge on any atom is -0.378 e. The van der Waals surface area contributed by atoms with Crippen molar-refractivity contribution in [3.8, 4) is 0 Å². The summed E-state index contributed by atoms with van der Waals surface area (Å²) in [5, 5.41) is 6.32. The summed E-state index contributed by atoms with van der Waals surface area (Å²) in [6.07, 6.45) is 17.4. The zero-order chi connectivity index (χ0) is 18.0. The molecule has 5 nitrogen and oxygen atoms in total. The average Bonchev–Trinajstić information content (AvgIpc) is 2.68. The second-order valence-corrected chi connectivity index (χ2v) is 7.17. The number of nitrogens with one attached hydrogen (secondary N) is 2. The van der Waals surface area contributed by atoms with Gasteiger partial charge in [0.05, 0.1) is 11.1 Å². The molecule has 4 rings (SSSR count). The molecule has 3 heterocycles. The summed E-state index contributed by atoms with van der Waals surface area (Å²) in [5.41, 5.74) is 2.24. The third kappa shape index (κ3) is 3.29. The number of carbonyl (C=O) groups is 1. The number of dihydropyridines is 1. The van der Waals surface area contributed by atoms with E-state index in [2.05, 4.69) is 33.5 Å². The topological polar surface area (TPSA) is 57.3 Å². The molecule has 2 N–H and O–H groups in total. The number of fused-ring (bicyclic) bond motifs is 1. The number of anilines is 1. The zero-order valence-corrected chi connectivity index (χ0v) is 15.0. The molecule has 1 unspecified atom stereocenters. The number of aromatic nitrogens is 1. The highest BCUT2D eigenvalue weighted by molar-refractivity contribution is 5.95. The summed E-state index contributed by atoms with van der Waals surface area (Å²) in [7, 11) is 0. The molecule has 26 heavy (non-hydrogen) atoms. The maximum absolute atomic E-state index is 12.6. The van der Waals surface area contributed by atoms with Crippen LogP contribution in [0.5, 0.6) is 0 Å². The van der Waals surface area contributed by atoms with Crippen LogP contribution in [-0.4, -0.2) is 29.5 Å². The lowest BCUT2D eigenvalue weighted by molar-refractivity contribution is 0.0966. The van der Waals surface area contributed by atoms with Crippen molar-refractivity contribution < 1.29 is 4.79 Å². The van der Waals surface area contributed by atoms with Crippen molar-refractivity contribution in [2.24, 2.45) is 0 Å². The first kappa shape index (κ1) is 16.6. The Morgan fingerprint density at radius 3 is 2.85 bits per heavy atom. The van der Waals surface area contributed by atoms with Gasteiger partial charge in [0.2, 0.25) is 0 Å². The molecule has 1 fully saturated rings. The van der Waals surface area contributed by atoms with E-state index in [1.807, 2.05) is 42.6 Å². The number of carbonyl (C=O) groups excluding carboxylic acids is 1. The number of hydrogen-bond donors (Lipinski definition) is 2. The molecule has 1 amide bonds. The molecule has 1 aromatic heterocycles. The van der Waals surface area contributed by atoms with E-state index in [4.69, 9.17) is 0 Å². The third-order valence-electron chi connectivity index (χ3n) is 5.19. The van der Waals surface area contributed by atoms with Crippen LogP contribution in [0.3, 0.4) is 0 Å². The fourth-order valence-corrected chi connectivity index (χ4v) is 3.63. The summed E-state index contributed by atoms with van der Waals surface area (Å²) < 4.78 is 0. The van der Waals surface area contributed by atoms with Crippen LogP contribution in [0.1, 0.15) is 36.5 Å². The molecule has 1 aliphatic carbocycles. The van der Waals surface area contributed by atoms with Crippen LogP contribution in [0.4, 0.5) is 5.82 Å². The highest BCUT2D eigenvalue weighted by atomic mass is 16.1. The zero-order valence-electron chi connectivity index (χ0n) is 15.0. The van der Waals surface area contributed by atoms with Gasteiger partial charge in [-0.25, -0.2) is 4.98 Å². The van der Waals surface area contributed by atoms with Gasteiger partial charge in [-0.2, -0.15) is 0 Å². The summed E-state index contributed by atoms with van der Waals surface area (Å²) in [5.74, 6) is 0.819. The molecule has 1 atom stereocenters. The van der Waals surface area contributed by atoms with Crippen molar-refractivity contribution in [2.75, 3.05) is 18.0 Å². The van der Waals surface area contributed by atoms with E-state index in [-0.39, 0.29) is 11.4 Å². The van der Waals surface area contributed by atoms with Crippen molar-refractivity contribution in [3.05, 3.63) is 71.7 Å². The summed E-state index contributed by atoms with van der Waals surface area (Å²) in [4.78, 5) is 19.4. The highest BCUT2D eigenvalue weighted by Gasteiger charge is 2.28. The highest BCUT2D eigenvalue weighted by Crippen LogP contribution is 2.28. The van der Waals surface area contributed by atoms with Crippen molar-refractivity contribution in [2.45, 2.75) is 31.7 Å². The first-order chi connectivity index (χ1) is 12.6. The van der Waals surface area contributed by atoms with E-state index in [1.165, 1.54) is 24.8 Å². The van der Waals surface area contributed by atoms with Crippen molar-refractivity contribution in [1.29, 1.82) is 0 Å². The van der Waals surface area contributed by atoms with Gasteiger partial charge in [0.25, 0.3) is 5.91 Å². The van der Waals surface area contributed by atoms with Gasteiger partial charge >= 0.3 is 0 Å². The van der Waals surface area contributed by atoms with Crippen LogP contribution < -0.4 is 15.5 Å². The SMILES string of the molecule is CC12C=C(NC(=O)c3ccc(N4CCCCC4)nc3)C=CC1=CC=CN2. The number of pyridine rings is 1. The predicted molar refractivity (Wildman–Crippen MR) is 104 cm³/mol. The molecule has 134 valence electrons. The van der Waals surface area contributed by atoms with E-state index >= 15 is 0 Å². The van der Waals surface area contributed by atoms with Crippen LogP contribution in [0.25, 0.3) is 0 Å². The molecule has 2 aliphatic heterocycles. The standard InChI is InChI=1S/C21H24N4O/c1-21-14-18(9-8-17(21)6-5-11-23-21)24-20(26)16-7-10-19(22-15-16)25-12-3-2-4-13-25/h5-11,14-15,23H,2-4,12-13H2,1H3,(H,24,26). The lowest BCUT2D eigenvalue weighted by Gasteiger charge is -2.33. The van der Waals surface area contributed by atoms with Crippen LogP contribution in [-0.2, 0) is 0 Å². The van der Waals surface area contributed by atoms with Crippen molar-refractivity contribution in [3.63, 3.8) is 0 Å². The number of hydrogen-bond acceptors (Lipinski definition) is 4. The van der Waals surface area contributed by atoms with Gasteiger partial charge in [-0.1, -0.05) is 12.2 Å². The van der Waals surface area contributed by atoms with E-state index in [0.717, 1.165) is 24.6 Å². The van der Waals surface area contributed by atoms with Crippen molar-refractivity contribution in [1.82, 2.24) is 15.6 Å². The van der Waals surface area contributed by atoms with E-state index in [1.54, 1.807) is 6.20 Å². The predicted octanol–water partition coefficient (Wildman–Crippen LogP) is 3.06. The van der Waals surface area contributed by atoms with Crippen LogP contribution in [0.15, 0.2) is 66.2 Å². The molecule has 0 spiro atoms. The van der Waals surface area contributed by atoms with Gasteiger partial charge in [0.15, 0.2) is 0 Å². The summed E-state index contributed by atoms with van der Waals surface area (Å²) in [6, 6.07) is 3.80. The maximum atomic E-state index is 12.6. The lowest BCUT2D eigenvalue weighted by Crippen LogP contribution is -2.42. The van der Waals surface area contributed by atoms with Gasteiger partial charge < -0.3 is 15.5 Å². The van der Waals surface area contributed by atoms with E-state index < -0.39 is 0 Å².